The molecule has 0 aromatic heterocycles. The van der Waals surface area contributed by atoms with Crippen molar-refractivity contribution in [1.29, 1.82) is 0 Å². The van der Waals surface area contributed by atoms with E-state index in [0.29, 0.717) is 20.9 Å². The van der Waals surface area contributed by atoms with E-state index in [2.05, 4.69) is 21.2 Å². The molecule has 20 heavy (non-hydrogen) atoms. The Morgan fingerprint density at radius 2 is 2.05 bits per heavy atom. The molecule has 0 radical (unpaired) electrons. The molecule has 1 amide bonds. The first-order chi connectivity index (χ1) is 9.51. The van der Waals surface area contributed by atoms with Crippen LogP contribution in [0.25, 0.3) is 0 Å². The monoisotopic (exact) mass is 355 g/mol. The van der Waals surface area contributed by atoms with E-state index in [9.17, 15) is 9.90 Å². The van der Waals surface area contributed by atoms with E-state index in [1.165, 1.54) is 18.2 Å². The zero-order valence-corrected chi connectivity index (χ0v) is 12.8. The second-order valence-electron chi connectivity index (χ2n) is 3.96. The first kappa shape index (κ1) is 14.7. The maximum absolute atomic E-state index is 12.1. The van der Waals surface area contributed by atoms with E-state index in [-0.39, 0.29) is 11.3 Å². The van der Waals surface area contributed by atoms with E-state index < -0.39 is 5.91 Å². The molecule has 4 nitrogen and oxygen atoms in total. The van der Waals surface area contributed by atoms with Crippen molar-refractivity contribution in [3.8, 4) is 11.5 Å². The maximum atomic E-state index is 12.1. The first-order valence-electron chi connectivity index (χ1n) is 5.64. The van der Waals surface area contributed by atoms with E-state index in [0.717, 1.165) is 0 Å². The van der Waals surface area contributed by atoms with Gasteiger partial charge in [-0.1, -0.05) is 11.6 Å². The lowest BCUT2D eigenvalue weighted by Crippen LogP contribution is -2.12. The number of amides is 1. The summed E-state index contributed by atoms with van der Waals surface area (Å²) < 4.78 is 5.82. The second-order valence-corrected chi connectivity index (χ2v) is 5.26. The molecular formula is C14H11BrClNO3. The van der Waals surface area contributed by atoms with Crippen LogP contribution in [0.3, 0.4) is 0 Å². The molecule has 0 atom stereocenters. The third kappa shape index (κ3) is 3.23. The zero-order chi connectivity index (χ0) is 14.7. The molecule has 6 heteroatoms. The minimum absolute atomic E-state index is 0.115. The number of aromatic hydroxyl groups is 1. The first-order valence-corrected chi connectivity index (χ1v) is 6.82. The third-order valence-corrected chi connectivity index (χ3v) is 3.47. The number of hydrogen-bond donors (Lipinski definition) is 2. The van der Waals surface area contributed by atoms with Crippen molar-refractivity contribution in [2.75, 3.05) is 12.4 Å². The van der Waals surface area contributed by atoms with Crippen molar-refractivity contribution in [1.82, 2.24) is 0 Å². The predicted octanol–water partition coefficient (Wildman–Crippen LogP) is 4.07. The summed E-state index contributed by atoms with van der Waals surface area (Å²) >= 11 is 9.15. The van der Waals surface area contributed by atoms with Crippen molar-refractivity contribution in [2.24, 2.45) is 0 Å². The van der Waals surface area contributed by atoms with Crippen LogP contribution in [0.4, 0.5) is 5.69 Å². The summed E-state index contributed by atoms with van der Waals surface area (Å²) in [4.78, 5) is 12.1. The summed E-state index contributed by atoms with van der Waals surface area (Å²) in [5, 5.41) is 12.7. The Hall–Kier alpha value is -1.72. The average Bonchev–Trinajstić information content (AvgIpc) is 2.41. The van der Waals surface area contributed by atoms with Gasteiger partial charge in [0.2, 0.25) is 0 Å². The molecule has 0 saturated heterocycles. The fraction of sp³-hybridized carbons (Fsp3) is 0.0714. The number of halogens is 2. The van der Waals surface area contributed by atoms with Gasteiger partial charge in [-0.05, 0) is 52.3 Å². The van der Waals surface area contributed by atoms with Crippen LogP contribution in [0, 0.1) is 0 Å². The number of methoxy groups -OCH3 is 1. The molecule has 2 N–H and O–H groups in total. The number of hydrogen-bond acceptors (Lipinski definition) is 3. The normalized spacial score (nSPS) is 10.2. The standard InChI is InChI=1S/C14H11BrClNO3/c1-20-13-5-3-9(7-11(13)15)17-14(19)10-6-8(16)2-4-12(10)18/h2-7,18H,1H3,(H,17,19). The zero-order valence-electron chi connectivity index (χ0n) is 10.5. The number of carbonyl (C=O) groups is 1. The maximum Gasteiger partial charge on any atom is 0.259 e. The predicted molar refractivity (Wildman–Crippen MR) is 81.8 cm³/mol. The highest BCUT2D eigenvalue weighted by Crippen LogP contribution is 2.28. The number of benzene rings is 2. The van der Waals surface area contributed by atoms with Crippen molar-refractivity contribution in [3.05, 3.63) is 51.5 Å². The molecule has 0 fully saturated rings. The molecule has 0 aliphatic rings. The summed E-state index contributed by atoms with van der Waals surface area (Å²) in [6.07, 6.45) is 0. The molecule has 2 aromatic carbocycles. The molecule has 0 unspecified atom stereocenters. The fourth-order valence-corrected chi connectivity index (χ4v) is 2.35. The summed E-state index contributed by atoms with van der Waals surface area (Å²) in [5.74, 6) is 0.0927. The van der Waals surface area contributed by atoms with Crippen LogP contribution in [0.15, 0.2) is 40.9 Å². The lowest BCUT2D eigenvalue weighted by Gasteiger charge is -2.09. The highest BCUT2D eigenvalue weighted by Gasteiger charge is 2.12. The largest absolute Gasteiger partial charge is 0.507 e. The van der Waals surface area contributed by atoms with Crippen molar-refractivity contribution in [2.45, 2.75) is 0 Å². The number of anilines is 1. The molecule has 0 aliphatic heterocycles. The molecule has 0 saturated carbocycles. The summed E-state index contributed by atoms with van der Waals surface area (Å²) in [7, 11) is 1.56. The van der Waals surface area contributed by atoms with Gasteiger partial charge in [0.15, 0.2) is 0 Å². The van der Waals surface area contributed by atoms with Gasteiger partial charge in [0.25, 0.3) is 5.91 Å². The molecule has 0 aliphatic carbocycles. The van der Waals surface area contributed by atoms with Gasteiger partial charge in [0, 0.05) is 10.7 Å². The molecule has 104 valence electrons. The highest BCUT2D eigenvalue weighted by atomic mass is 79.9. The molecule has 0 spiro atoms. The fourth-order valence-electron chi connectivity index (χ4n) is 1.63. The molecular weight excluding hydrogens is 346 g/mol. The van der Waals surface area contributed by atoms with Gasteiger partial charge in [-0.2, -0.15) is 0 Å². The van der Waals surface area contributed by atoms with Gasteiger partial charge in [-0.25, -0.2) is 0 Å². The van der Waals surface area contributed by atoms with Crippen LogP contribution in [-0.4, -0.2) is 18.1 Å². The summed E-state index contributed by atoms with van der Waals surface area (Å²) in [5.41, 5.74) is 0.687. The highest BCUT2D eigenvalue weighted by molar-refractivity contribution is 9.10. The molecule has 2 rings (SSSR count). The van der Waals surface area contributed by atoms with Crippen molar-refractivity contribution >= 4 is 39.1 Å². The summed E-state index contributed by atoms with van der Waals surface area (Å²) in [6.45, 7) is 0. The van der Waals surface area contributed by atoms with E-state index in [1.807, 2.05) is 0 Å². The Bertz CT molecular complexity index is 661. The van der Waals surface area contributed by atoms with Crippen LogP contribution in [0.1, 0.15) is 10.4 Å². The Labute approximate surface area is 129 Å². The van der Waals surface area contributed by atoms with Gasteiger partial charge >= 0.3 is 0 Å². The SMILES string of the molecule is COc1ccc(NC(=O)c2cc(Cl)ccc2O)cc1Br. The van der Waals surface area contributed by atoms with E-state index >= 15 is 0 Å². The quantitative estimate of drug-likeness (QED) is 0.871. The lowest BCUT2D eigenvalue weighted by atomic mass is 10.2. The van der Waals surface area contributed by atoms with Gasteiger partial charge in [0.05, 0.1) is 17.1 Å². The van der Waals surface area contributed by atoms with E-state index in [4.69, 9.17) is 16.3 Å². The number of rotatable bonds is 3. The number of carbonyl (C=O) groups excluding carboxylic acids is 1. The van der Waals surface area contributed by atoms with Gasteiger partial charge in [-0.15, -0.1) is 0 Å². The average molecular weight is 357 g/mol. The molecule has 0 heterocycles. The number of nitrogens with one attached hydrogen (secondary N) is 1. The topological polar surface area (TPSA) is 58.6 Å². The number of ether oxygens (including phenoxy) is 1. The van der Waals surface area contributed by atoms with Crippen molar-refractivity contribution < 1.29 is 14.6 Å². The smallest absolute Gasteiger partial charge is 0.259 e. The third-order valence-electron chi connectivity index (χ3n) is 2.61. The van der Waals surface area contributed by atoms with Gasteiger partial charge in [-0.3, -0.25) is 4.79 Å². The van der Waals surface area contributed by atoms with Crippen LogP contribution in [0.5, 0.6) is 11.5 Å². The van der Waals surface area contributed by atoms with Crippen molar-refractivity contribution in [3.63, 3.8) is 0 Å². The van der Waals surface area contributed by atoms with Gasteiger partial charge in [0.1, 0.15) is 11.5 Å². The molecule has 0 bridgehead atoms. The van der Waals surface area contributed by atoms with Crippen LogP contribution in [0.2, 0.25) is 5.02 Å². The Morgan fingerprint density at radius 3 is 2.70 bits per heavy atom. The Balaban J connectivity index is 2.23. The van der Waals surface area contributed by atoms with Crippen LogP contribution in [-0.2, 0) is 0 Å². The Kier molecular flexibility index (Phi) is 4.52. The number of phenols is 1. The van der Waals surface area contributed by atoms with Crippen LogP contribution < -0.4 is 10.1 Å². The Morgan fingerprint density at radius 1 is 1.30 bits per heavy atom. The lowest BCUT2D eigenvalue weighted by molar-refractivity contribution is 0.102. The minimum Gasteiger partial charge on any atom is -0.507 e. The van der Waals surface area contributed by atoms with E-state index in [1.54, 1.807) is 25.3 Å². The van der Waals surface area contributed by atoms with Gasteiger partial charge < -0.3 is 15.2 Å². The second kappa shape index (κ2) is 6.15. The number of phenolic OH excluding ortho intramolecular Hbond substituents is 1. The summed E-state index contributed by atoms with van der Waals surface area (Å²) in [6, 6.07) is 9.42. The van der Waals surface area contributed by atoms with Crippen LogP contribution >= 0.6 is 27.5 Å². The minimum atomic E-state index is -0.443. The molecule has 2 aromatic rings.